The third-order valence-electron chi connectivity index (χ3n) is 4.05. The van der Waals surface area contributed by atoms with Gasteiger partial charge in [0.25, 0.3) is 0 Å². The number of carbonyl (C=O) groups is 1. The van der Waals surface area contributed by atoms with Crippen molar-refractivity contribution in [2.75, 3.05) is 24.6 Å². The molecule has 2 aromatic heterocycles. The molecule has 2 aromatic rings. The van der Waals surface area contributed by atoms with E-state index in [-0.39, 0.29) is 6.61 Å². The molecule has 1 saturated heterocycles. The largest absolute Gasteiger partial charge is 0.384 e. The molecule has 0 atom stereocenters. The van der Waals surface area contributed by atoms with Crippen LogP contribution < -0.4 is 4.90 Å². The first-order valence-electron chi connectivity index (χ1n) is 8.94. The van der Waals surface area contributed by atoms with Crippen molar-refractivity contribution >= 4 is 33.0 Å². The van der Waals surface area contributed by atoms with E-state index >= 15 is 0 Å². The van der Waals surface area contributed by atoms with Crippen LogP contribution >= 0.6 is 11.3 Å². The molecule has 0 aromatic carbocycles. The monoisotopic (exact) mass is 358 g/mol. The molecule has 25 heavy (non-hydrogen) atoms. The maximum atomic E-state index is 10.4. The van der Waals surface area contributed by atoms with Gasteiger partial charge in [-0.05, 0) is 31.4 Å². The van der Waals surface area contributed by atoms with Gasteiger partial charge in [0.1, 0.15) is 12.4 Å². The number of anilines is 1. The van der Waals surface area contributed by atoms with E-state index in [2.05, 4.69) is 27.8 Å². The molecule has 5 heteroatoms. The molecular formula is C20H26N2O2S. The highest BCUT2D eigenvalue weighted by molar-refractivity contribution is 7.20. The van der Waals surface area contributed by atoms with Crippen LogP contribution in [-0.2, 0) is 4.79 Å². The number of aromatic nitrogens is 1. The van der Waals surface area contributed by atoms with Crippen LogP contribution in [0, 0.1) is 11.8 Å². The number of rotatable bonds is 4. The topological polar surface area (TPSA) is 53.4 Å². The van der Waals surface area contributed by atoms with E-state index in [4.69, 9.17) is 5.11 Å². The van der Waals surface area contributed by atoms with Crippen molar-refractivity contribution in [3.8, 4) is 11.8 Å². The molecule has 0 saturated carbocycles. The second-order valence-corrected chi connectivity index (χ2v) is 7.00. The fraction of sp³-hybridized carbons (Fsp3) is 0.500. The smallest absolute Gasteiger partial charge is 0.132 e. The molecule has 0 aliphatic carbocycles. The van der Waals surface area contributed by atoms with Gasteiger partial charge in [-0.3, -0.25) is 9.78 Å². The van der Waals surface area contributed by atoms with Crippen molar-refractivity contribution in [3.05, 3.63) is 23.2 Å². The van der Waals surface area contributed by atoms with E-state index in [0.29, 0.717) is 12.2 Å². The number of pyridine rings is 1. The van der Waals surface area contributed by atoms with E-state index in [1.54, 1.807) is 11.3 Å². The van der Waals surface area contributed by atoms with Crippen LogP contribution in [-0.4, -0.2) is 35.6 Å². The molecule has 4 nitrogen and oxygen atoms in total. The number of aliphatic hydroxyl groups excluding tert-OH is 1. The summed E-state index contributed by atoms with van der Waals surface area (Å²) in [5, 5.41) is 8.74. The number of Topliss-reactive ketones (excluding diaryl/α,β-unsaturated/α-hetero) is 1. The van der Waals surface area contributed by atoms with Crippen molar-refractivity contribution < 1.29 is 9.90 Å². The van der Waals surface area contributed by atoms with Crippen LogP contribution in [0.1, 0.15) is 50.8 Å². The van der Waals surface area contributed by atoms with Crippen molar-refractivity contribution in [1.29, 1.82) is 0 Å². The zero-order valence-electron chi connectivity index (χ0n) is 15.0. The number of aliphatic hydroxyl groups is 1. The van der Waals surface area contributed by atoms with Crippen LogP contribution in [0.4, 0.5) is 5.69 Å². The lowest BCUT2D eigenvalue weighted by Crippen LogP contribution is -2.17. The number of ketones is 1. The minimum Gasteiger partial charge on any atom is -0.384 e. The average Bonchev–Trinajstić information content (AvgIpc) is 3.29. The second kappa shape index (κ2) is 10.2. The minimum atomic E-state index is -0.0966. The standard InChI is InChI=1S/C14H14N2OS.C6H12O/c17-9-3-4-11-10-12-14(18-11)13(5-6-15-12)16-7-1-2-8-16;1-3-5-6(7)4-2/h5-6,10,17H,1-2,7-9H2;3-5H2,1-2H3. The lowest BCUT2D eigenvalue weighted by Gasteiger charge is -2.17. The number of fused-ring (bicyclic) bond motifs is 1. The highest BCUT2D eigenvalue weighted by Gasteiger charge is 2.16. The summed E-state index contributed by atoms with van der Waals surface area (Å²) < 4.78 is 1.21. The van der Waals surface area contributed by atoms with Crippen molar-refractivity contribution in [3.63, 3.8) is 0 Å². The highest BCUT2D eigenvalue weighted by atomic mass is 32.1. The fourth-order valence-corrected chi connectivity index (χ4v) is 3.81. The van der Waals surface area contributed by atoms with Gasteiger partial charge in [-0.2, -0.15) is 0 Å². The SMILES string of the molecule is CCCC(=O)CC.OCC#Cc1cc2nccc(N3CCCC3)c2s1. The van der Waals surface area contributed by atoms with Crippen LogP contribution in [0.3, 0.4) is 0 Å². The van der Waals surface area contributed by atoms with Crippen molar-refractivity contribution in [1.82, 2.24) is 4.98 Å². The lowest BCUT2D eigenvalue weighted by atomic mass is 10.2. The quantitative estimate of drug-likeness (QED) is 0.839. The van der Waals surface area contributed by atoms with Crippen LogP contribution in [0.15, 0.2) is 18.3 Å². The number of carbonyl (C=O) groups excluding carboxylic acids is 1. The lowest BCUT2D eigenvalue weighted by molar-refractivity contribution is -0.118. The van der Waals surface area contributed by atoms with Crippen LogP contribution in [0.2, 0.25) is 0 Å². The van der Waals surface area contributed by atoms with Gasteiger partial charge in [0.2, 0.25) is 0 Å². The summed E-state index contributed by atoms with van der Waals surface area (Å²) in [7, 11) is 0. The molecule has 3 rings (SSSR count). The predicted molar refractivity (Wildman–Crippen MR) is 105 cm³/mol. The summed E-state index contributed by atoms with van der Waals surface area (Å²) >= 11 is 1.66. The molecule has 1 N–H and O–H groups in total. The third kappa shape index (κ3) is 5.55. The Hall–Kier alpha value is -1.90. The van der Waals surface area contributed by atoms with Gasteiger partial charge in [-0.25, -0.2) is 0 Å². The summed E-state index contributed by atoms with van der Waals surface area (Å²) in [4.78, 5) is 18.2. The molecule has 1 fully saturated rings. The van der Waals surface area contributed by atoms with Crippen LogP contribution in [0.5, 0.6) is 0 Å². The molecule has 0 bridgehead atoms. The minimum absolute atomic E-state index is 0.0966. The second-order valence-electron chi connectivity index (χ2n) is 5.95. The third-order valence-corrected chi connectivity index (χ3v) is 5.11. The summed E-state index contributed by atoms with van der Waals surface area (Å²) in [5.41, 5.74) is 2.28. The highest BCUT2D eigenvalue weighted by Crippen LogP contribution is 2.34. The maximum Gasteiger partial charge on any atom is 0.132 e. The Morgan fingerprint density at radius 1 is 1.36 bits per heavy atom. The summed E-state index contributed by atoms with van der Waals surface area (Å²) in [6, 6.07) is 4.09. The Kier molecular flexibility index (Phi) is 7.90. The Labute approximate surface area is 153 Å². The van der Waals surface area contributed by atoms with E-state index in [1.165, 1.54) is 23.2 Å². The van der Waals surface area contributed by atoms with E-state index < -0.39 is 0 Å². The Bertz CT molecular complexity index is 752. The number of thiophene rings is 1. The fourth-order valence-electron chi connectivity index (χ4n) is 2.78. The zero-order valence-corrected chi connectivity index (χ0v) is 15.9. The van der Waals surface area contributed by atoms with E-state index in [1.807, 2.05) is 26.1 Å². The average molecular weight is 359 g/mol. The predicted octanol–water partition coefficient (Wildman–Crippen LogP) is 4.01. The summed E-state index contributed by atoms with van der Waals surface area (Å²) in [6.07, 6.45) is 6.86. The van der Waals surface area contributed by atoms with Gasteiger partial charge in [0.15, 0.2) is 0 Å². The molecule has 0 unspecified atom stereocenters. The molecule has 3 heterocycles. The maximum absolute atomic E-state index is 10.4. The van der Waals surface area contributed by atoms with Crippen LogP contribution in [0.25, 0.3) is 10.2 Å². The van der Waals surface area contributed by atoms with Gasteiger partial charge in [-0.1, -0.05) is 25.7 Å². The van der Waals surface area contributed by atoms with Crippen molar-refractivity contribution in [2.24, 2.45) is 0 Å². The number of hydrogen-bond donors (Lipinski definition) is 1. The first-order chi connectivity index (χ1) is 12.2. The molecule has 0 radical (unpaired) electrons. The summed E-state index contributed by atoms with van der Waals surface area (Å²) in [5.74, 6) is 6.03. The molecular weight excluding hydrogens is 332 g/mol. The van der Waals surface area contributed by atoms with E-state index in [9.17, 15) is 4.79 Å². The van der Waals surface area contributed by atoms with Gasteiger partial charge < -0.3 is 10.0 Å². The first kappa shape index (κ1) is 19.4. The molecule has 1 aliphatic rings. The molecule has 134 valence electrons. The van der Waals surface area contributed by atoms with Gasteiger partial charge >= 0.3 is 0 Å². The van der Waals surface area contributed by atoms with Gasteiger partial charge in [0, 0.05) is 32.1 Å². The molecule has 1 aliphatic heterocycles. The number of hydrogen-bond acceptors (Lipinski definition) is 5. The summed E-state index contributed by atoms with van der Waals surface area (Å²) in [6.45, 7) is 6.09. The molecule has 0 amide bonds. The first-order valence-corrected chi connectivity index (χ1v) is 9.76. The zero-order chi connectivity index (χ0) is 18.1. The Morgan fingerprint density at radius 2 is 2.12 bits per heavy atom. The number of nitrogens with zero attached hydrogens (tertiary/aromatic N) is 2. The van der Waals surface area contributed by atoms with Gasteiger partial charge in [-0.15, -0.1) is 11.3 Å². The van der Waals surface area contributed by atoms with E-state index in [0.717, 1.165) is 36.3 Å². The van der Waals surface area contributed by atoms with Crippen molar-refractivity contribution in [2.45, 2.75) is 46.0 Å². The Morgan fingerprint density at radius 3 is 2.72 bits per heavy atom. The van der Waals surface area contributed by atoms with Gasteiger partial charge in [0.05, 0.1) is 20.8 Å². The Balaban J connectivity index is 0.000000277. The molecule has 0 spiro atoms. The normalized spacial score (nSPS) is 13.2.